The Morgan fingerprint density at radius 1 is 1.19 bits per heavy atom. The van der Waals surface area contributed by atoms with Gasteiger partial charge in [-0.05, 0) is 86.7 Å². The first-order valence-corrected chi connectivity index (χ1v) is 12.3. The first-order chi connectivity index (χ1) is 14.4. The summed E-state index contributed by atoms with van der Waals surface area (Å²) in [4.78, 5) is 0. The largest absolute Gasteiger partial charge is 0.390 e. The summed E-state index contributed by atoms with van der Waals surface area (Å²) < 4.78 is 0. The second kappa shape index (κ2) is 9.51. The number of aliphatic hydroxyl groups is 4. The Bertz CT molecular complexity index is 715. The van der Waals surface area contributed by atoms with Gasteiger partial charge < -0.3 is 20.4 Å². The molecule has 4 heteroatoms. The van der Waals surface area contributed by atoms with Crippen molar-refractivity contribution < 1.29 is 20.4 Å². The molecule has 0 spiro atoms. The van der Waals surface area contributed by atoms with Crippen molar-refractivity contribution in [3.05, 3.63) is 35.5 Å². The number of rotatable bonds is 6. The molecular weight excluding hydrogens is 388 g/mol. The summed E-state index contributed by atoms with van der Waals surface area (Å²) in [6, 6.07) is 0. The maximum Gasteiger partial charge on any atom is 0.110 e. The van der Waals surface area contributed by atoms with Crippen molar-refractivity contribution in [1.29, 1.82) is 0 Å². The summed E-state index contributed by atoms with van der Waals surface area (Å²) in [7, 11) is 0. The molecule has 31 heavy (non-hydrogen) atoms. The van der Waals surface area contributed by atoms with Crippen molar-refractivity contribution in [2.45, 2.75) is 109 Å². The van der Waals surface area contributed by atoms with Crippen molar-refractivity contribution in [3.63, 3.8) is 0 Å². The van der Waals surface area contributed by atoms with E-state index in [1.807, 2.05) is 19.9 Å². The van der Waals surface area contributed by atoms with E-state index in [1.54, 1.807) is 0 Å². The van der Waals surface area contributed by atoms with Crippen LogP contribution in [0.3, 0.4) is 0 Å². The topological polar surface area (TPSA) is 80.9 Å². The quantitative estimate of drug-likeness (QED) is 0.491. The summed E-state index contributed by atoms with van der Waals surface area (Å²) in [6.45, 7) is 12.6. The Balaban J connectivity index is 1.71. The van der Waals surface area contributed by atoms with Crippen LogP contribution >= 0.6 is 0 Å². The third-order valence-electron chi connectivity index (χ3n) is 8.59. The Morgan fingerprint density at radius 2 is 1.90 bits per heavy atom. The van der Waals surface area contributed by atoms with Gasteiger partial charge in [0.25, 0.3) is 0 Å². The van der Waals surface area contributed by atoms with Crippen LogP contribution in [0.2, 0.25) is 0 Å². The zero-order chi connectivity index (χ0) is 23.0. The second-order valence-corrected chi connectivity index (χ2v) is 11.4. The Hall–Kier alpha value is -0.940. The van der Waals surface area contributed by atoms with Crippen molar-refractivity contribution in [2.75, 3.05) is 0 Å². The molecule has 3 fully saturated rings. The van der Waals surface area contributed by atoms with Gasteiger partial charge in [-0.3, -0.25) is 0 Å². The normalized spacial score (nSPS) is 40.4. The van der Waals surface area contributed by atoms with Crippen molar-refractivity contribution in [1.82, 2.24) is 0 Å². The summed E-state index contributed by atoms with van der Waals surface area (Å²) in [5, 5.41) is 40.1. The van der Waals surface area contributed by atoms with E-state index in [0.29, 0.717) is 29.2 Å². The van der Waals surface area contributed by atoms with Gasteiger partial charge in [-0.1, -0.05) is 51.0 Å². The monoisotopic (exact) mass is 432 g/mol. The molecule has 0 bridgehead atoms. The molecule has 0 aliphatic heterocycles. The molecule has 3 aliphatic rings. The lowest BCUT2D eigenvalue weighted by molar-refractivity contribution is -0.0530. The van der Waals surface area contributed by atoms with Gasteiger partial charge in [-0.15, -0.1) is 0 Å². The summed E-state index contributed by atoms with van der Waals surface area (Å²) in [5.41, 5.74) is 2.62. The average Bonchev–Trinajstić information content (AvgIpc) is 3.04. The average molecular weight is 433 g/mol. The fourth-order valence-corrected chi connectivity index (χ4v) is 6.74. The van der Waals surface area contributed by atoms with Crippen LogP contribution in [0.1, 0.15) is 85.5 Å². The molecule has 176 valence electrons. The summed E-state index contributed by atoms with van der Waals surface area (Å²) in [6.07, 6.45) is 10.6. The highest BCUT2D eigenvalue weighted by atomic mass is 16.4. The minimum atomic E-state index is -1.15. The fourth-order valence-electron chi connectivity index (χ4n) is 6.74. The third kappa shape index (κ3) is 5.35. The fraction of sp³-hybridized carbons (Fsp3) is 0.778. The molecule has 4 N–H and O–H groups in total. The Labute approximate surface area is 188 Å². The van der Waals surface area contributed by atoms with Crippen molar-refractivity contribution in [2.24, 2.45) is 23.2 Å². The van der Waals surface area contributed by atoms with Crippen LogP contribution < -0.4 is 0 Å². The Morgan fingerprint density at radius 3 is 2.58 bits per heavy atom. The number of allylic oxidation sites excluding steroid dienone is 3. The van der Waals surface area contributed by atoms with Gasteiger partial charge in [-0.25, -0.2) is 0 Å². The van der Waals surface area contributed by atoms with Crippen LogP contribution in [0.15, 0.2) is 35.5 Å². The molecule has 0 amide bonds. The summed E-state index contributed by atoms with van der Waals surface area (Å²) in [5.74, 6) is 1.98. The SMILES string of the molecule is C=C1/C(=C\C=C2/CCC[C@@]3(C)C2CC[C@@H]3[C@H](C)CCCC(C)(C)O)C[C@@H](O)C(O)C1O. The molecule has 0 heterocycles. The maximum atomic E-state index is 10.1. The Kier molecular flexibility index (Phi) is 7.57. The lowest BCUT2D eigenvalue weighted by atomic mass is 9.60. The third-order valence-corrected chi connectivity index (χ3v) is 8.59. The van der Waals surface area contributed by atoms with Crippen molar-refractivity contribution in [3.8, 4) is 0 Å². The van der Waals surface area contributed by atoms with Crippen LogP contribution in [-0.4, -0.2) is 44.3 Å². The molecule has 3 aliphatic carbocycles. The standard InChI is InChI=1S/C27H44O4/c1-17(8-6-14-26(3,4)31)21-12-13-22-19(9-7-15-27(21,22)5)10-11-20-16-23(28)25(30)24(29)18(20)2/h10-11,17,21-25,28-31H,2,6-9,12-16H2,1,3-5H3/b19-10+,20-11-/t17-,21-,22?,23-,24?,25?,27-/m1/s1. The van der Waals surface area contributed by atoms with Gasteiger partial charge in [0, 0.05) is 6.42 Å². The van der Waals surface area contributed by atoms with E-state index in [1.165, 1.54) is 37.7 Å². The minimum absolute atomic E-state index is 0.329. The second-order valence-electron chi connectivity index (χ2n) is 11.4. The van der Waals surface area contributed by atoms with Gasteiger partial charge >= 0.3 is 0 Å². The van der Waals surface area contributed by atoms with E-state index in [2.05, 4.69) is 26.5 Å². The molecular formula is C27H44O4. The predicted molar refractivity (Wildman–Crippen MR) is 125 cm³/mol. The zero-order valence-corrected chi connectivity index (χ0v) is 20.0. The molecule has 0 aromatic rings. The molecule has 4 nitrogen and oxygen atoms in total. The molecule has 3 unspecified atom stereocenters. The van der Waals surface area contributed by atoms with Gasteiger partial charge in [0.2, 0.25) is 0 Å². The van der Waals surface area contributed by atoms with E-state index in [9.17, 15) is 20.4 Å². The van der Waals surface area contributed by atoms with E-state index < -0.39 is 23.9 Å². The van der Waals surface area contributed by atoms with Gasteiger partial charge in [0.15, 0.2) is 0 Å². The molecule has 0 saturated heterocycles. The highest BCUT2D eigenvalue weighted by molar-refractivity contribution is 5.40. The number of aliphatic hydroxyl groups excluding tert-OH is 3. The minimum Gasteiger partial charge on any atom is -0.390 e. The first-order valence-electron chi connectivity index (χ1n) is 12.3. The van der Waals surface area contributed by atoms with Gasteiger partial charge in [0.05, 0.1) is 11.7 Å². The lowest BCUT2D eigenvalue weighted by Gasteiger charge is -2.44. The summed E-state index contributed by atoms with van der Waals surface area (Å²) >= 11 is 0. The van der Waals surface area contributed by atoms with Crippen LogP contribution in [0.4, 0.5) is 0 Å². The van der Waals surface area contributed by atoms with E-state index in [-0.39, 0.29) is 0 Å². The maximum absolute atomic E-state index is 10.1. The molecule has 0 radical (unpaired) electrons. The molecule has 7 atom stereocenters. The molecule has 3 rings (SSSR count). The van der Waals surface area contributed by atoms with Crippen LogP contribution in [0, 0.1) is 23.2 Å². The van der Waals surface area contributed by atoms with Crippen LogP contribution in [0.5, 0.6) is 0 Å². The number of fused-ring (bicyclic) bond motifs is 1. The van der Waals surface area contributed by atoms with Gasteiger partial charge in [0.1, 0.15) is 12.2 Å². The van der Waals surface area contributed by atoms with E-state index >= 15 is 0 Å². The molecule has 3 saturated carbocycles. The smallest absolute Gasteiger partial charge is 0.110 e. The van der Waals surface area contributed by atoms with Crippen molar-refractivity contribution >= 4 is 0 Å². The van der Waals surface area contributed by atoms with Crippen LogP contribution in [-0.2, 0) is 0 Å². The van der Waals surface area contributed by atoms with E-state index in [0.717, 1.165) is 30.8 Å². The predicted octanol–water partition coefficient (Wildman–Crippen LogP) is 4.68. The highest BCUT2D eigenvalue weighted by Gasteiger charge is 2.50. The first kappa shape index (κ1) is 24.7. The molecule has 0 aromatic carbocycles. The van der Waals surface area contributed by atoms with Crippen LogP contribution in [0.25, 0.3) is 0 Å². The zero-order valence-electron chi connectivity index (χ0n) is 20.0. The lowest BCUT2D eigenvalue weighted by Crippen LogP contribution is -2.43. The molecule has 0 aromatic heterocycles. The van der Waals surface area contributed by atoms with E-state index in [4.69, 9.17) is 0 Å². The van der Waals surface area contributed by atoms with Gasteiger partial charge in [-0.2, -0.15) is 0 Å². The number of hydrogen-bond acceptors (Lipinski definition) is 4. The number of hydrogen-bond donors (Lipinski definition) is 4. The highest BCUT2D eigenvalue weighted by Crippen LogP contribution is 2.60.